The zero-order valence-corrected chi connectivity index (χ0v) is 11.7. The molecule has 104 valence electrons. The van der Waals surface area contributed by atoms with Crippen molar-refractivity contribution < 1.29 is 4.74 Å². The molecule has 1 unspecified atom stereocenters. The molecule has 0 bridgehead atoms. The van der Waals surface area contributed by atoms with E-state index >= 15 is 0 Å². The summed E-state index contributed by atoms with van der Waals surface area (Å²) in [6, 6.07) is 2.18. The summed E-state index contributed by atoms with van der Waals surface area (Å²) in [5.74, 6) is 0.884. The van der Waals surface area contributed by atoms with Crippen LogP contribution in [0.25, 0.3) is 0 Å². The molecule has 0 aromatic carbocycles. The number of hydrogen-bond donors (Lipinski definition) is 1. The first-order valence-electron chi connectivity index (χ1n) is 6.46. The molecule has 0 saturated carbocycles. The third-order valence-corrected chi connectivity index (χ3v) is 2.92. The highest BCUT2D eigenvalue weighted by Gasteiger charge is 2.11. The van der Waals surface area contributed by atoms with E-state index in [1.165, 1.54) is 0 Å². The highest BCUT2D eigenvalue weighted by Crippen LogP contribution is 2.15. The van der Waals surface area contributed by atoms with Crippen molar-refractivity contribution in [1.29, 1.82) is 0 Å². The summed E-state index contributed by atoms with van der Waals surface area (Å²) in [5.41, 5.74) is 1.00. The second-order valence-corrected chi connectivity index (χ2v) is 4.61. The van der Waals surface area contributed by atoms with Crippen molar-refractivity contribution in [3.05, 3.63) is 30.4 Å². The molecule has 2 rings (SSSR count). The van der Waals surface area contributed by atoms with E-state index < -0.39 is 0 Å². The number of rotatable bonds is 7. The van der Waals surface area contributed by atoms with E-state index in [0.29, 0.717) is 6.61 Å². The molecule has 0 aliphatic rings. The Balaban J connectivity index is 1.95. The summed E-state index contributed by atoms with van der Waals surface area (Å²) in [6.07, 6.45) is 5.78. The number of nitrogens with one attached hydrogen (secondary N) is 1. The van der Waals surface area contributed by atoms with E-state index in [9.17, 15) is 0 Å². The molecule has 2 heterocycles. The van der Waals surface area contributed by atoms with Crippen LogP contribution < -0.4 is 5.32 Å². The van der Waals surface area contributed by atoms with Crippen LogP contribution in [-0.2, 0) is 11.3 Å². The fraction of sp³-hybridized carbons (Fsp3) is 0.538. The lowest BCUT2D eigenvalue weighted by Gasteiger charge is -2.16. The van der Waals surface area contributed by atoms with Crippen molar-refractivity contribution in [2.45, 2.75) is 26.4 Å². The van der Waals surface area contributed by atoms with Crippen LogP contribution in [0, 0.1) is 6.92 Å². The Hall–Kier alpha value is -1.82. The Kier molecular flexibility index (Phi) is 4.57. The van der Waals surface area contributed by atoms with E-state index in [2.05, 4.69) is 26.9 Å². The third kappa shape index (κ3) is 3.57. The van der Waals surface area contributed by atoms with Gasteiger partial charge in [-0.1, -0.05) is 0 Å². The van der Waals surface area contributed by atoms with Crippen LogP contribution in [0.4, 0.5) is 5.95 Å². The van der Waals surface area contributed by atoms with Gasteiger partial charge in [-0.2, -0.15) is 5.10 Å². The maximum Gasteiger partial charge on any atom is 0.203 e. The van der Waals surface area contributed by atoms with Gasteiger partial charge in [0.2, 0.25) is 5.95 Å². The number of methoxy groups -OCH3 is 1. The number of nitrogens with zero attached hydrogens (tertiary/aromatic N) is 4. The topological polar surface area (TPSA) is 56.9 Å². The number of imidazole rings is 1. The van der Waals surface area contributed by atoms with Gasteiger partial charge in [-0.05, 0) is 19.9 Å². The SMILES string of the molecule is COCC(C)n1cc(C)nc1NCCn1cccn1. The molecule has 2 aromatic heterocycles. The Morgan fingerprint density at radius 1 is 1.47 bits per heavy atom. The number of ether oxygens (including phenoxy) is 1. The summed E-state index contributed by atoms with van der Waals surface area (Å²) in [5, 5.41) is 7.52. The van der Waals surface area contributed by atoms with Crippen LogP contribution in [0.3, 0.4) is 0 Å². The smallest absolute Gasteiger partial charge is 0.203 e. The van der Waals surface area contributed by atoms with Crippen molar-refractivity contribution in [2.75, 3.05) is 25.6 Å². The quantitative estimate of drug-likeness (QED) is 0.826. The average Bonchev–Trinajstić information content (AvgIpc) is 2.99. The third-order valence-electron chi connectivity index (χ3n) is 2.92. The van der Waals surface area contributed by atoms with Gasteiger partial charge in [0.05, 0.1) is 24.9 Å². The van der Waals surface area contributed by atoms with Crippen LogP contribution in [0.2, 0.25) is 0 Å². The van der Waals surface area contributed by atoms with E-state index in [-0.39, 0.29) is 6.04 Å². The Bertz CT molecular complexity index is 491. The Morgan fingerprint density at radius 3 is 3.00 bits per heavy atom. The van der Waals surface area contributed by atoms with Gasteiger partial charge in [-0.25, -0.2) is 4.98 Å². The number of hydrogen-bond acceptors (Lipinski definition) is 4. The van der Waals surface area contributed by atoms with Crippen LogP contribution in [0.5, 0.6) is 0 Å². The molecule has 1 atom stereocenters. The van der Waals surface area contributed by atoms with Gasteiger partial charge >= 0.3 is 0 Å². The highest BCUT2D eigenvalue weighted by atomic mass is 16.5. The minimum atomic E-state index is 0.262. The van der Waals surface area contributed by atoms with Gasteiger partial charge < -0.3 is 14.6 Å². The fourth-order valence-electron chi connectivity index (χ4n) is 2.02. The number of aryl methyl sites for hydroxylation is 1. The molecular formula is C13H21N5O. The normalized spacial score (nSPS) is 12.6. The highest BCUT2D eigenvalue weighted by molar-refractivity contribution is 5.29. The van der Waals surface area contributed by atoms with Gasteiger partial charge in [0.1, 0.15) is 0 Å². The molecule has 6 heteroatoms. The van der Waals surface area contributed by atoms with Crippen molar-refractivity contribution in [2.24, 2.45) is 0 Å². The molecule has 0 saturated heterocycles. The van der Waals surface area contributed by atoms with E-state index in [1.54, 1.807) is 13.3 Å². The molecule has 0 radical (unpaired) electrons. The molecule has 1 N–H and O–H groups in total. The first kappa shape index (κ1) is 13.6. The van der Waals surface area contributed by atoms with Crippen LogP contribution in [-0.4, -0.2) is 39.6 Å². The first-order valence-corrected chi connectivity index (χ1v) is 6.46. The van der Waals surface area contributed by atoms with Crippen LogP contribution >= 0.6 is 0 Å². The van der Waals surface area contributed by atoms with Gasteiger partial charge in [-0.15, -0.1) is 0 Å². The Labute approximate surface area is 113 Å². The first-order chi connectivity index (χ1) is 9.20. The zero-order chi connectivity index (χ0) is 13.7. The van der Waals surface area contributed by atoms with Crippen molar-refractivity contribution in [3.8, 4) is 0 Å². The van der Waals surface area contributed by atoms with E-state index in [4.69, 9.17) is 4.74 Å². The molecule has 19 heavy (non-hydrogen) atoms. The second-order valence-electron chi connectivity index (χ2n) is 4.61. The predicted octanol–water partition coefficient (Wildman–Crippen LogP) is 1.71. The van der Waals surface area contributed by atoms with Crippen LogP contribution in [0.1, 0.15) is 18.7 Å². The zero-order valence-electron chi connectivity index (χ0n) is 11.7. The monoisotopic (exact) mass is 263 g/mol. The minimum Gasteiger partial charge on any atom is -0.383 e. The van der Waals surface area contributed by atoms with Crippen molar-refractivity contribution in [3.63, 3.8) is 0 Å². The maximum absolute atomic E-state index is 5.20. The second kappa shape index (κ2) is 6.38. The van der Waals surface area contributed by atoms with E-state index in [0.717, 1.165) is 24.7 Å². The molecule has 0 amide bonds. The lowest BCUT2D eigenvalue weighted by Crippen LogP contribution is -2.17. The molecule has 0 fully saturated rings. The lowest BCUT2D eigenvalue weighted by molar-refractivity contribution is 0.163. The largest absolute Gasteiger partial charge is 0.383 e. The maximum atomic E-state index is 5.20. The van der Waals surface area contributed by atoms with Gasteiger partial charge in [-0.3, -0.25) is 4.68 Å². The fourth-order valence-corrected chi connectivity index (χ4v) is 2.02. The summed E-state index contributed by atoms with van der Waals surface area (Å²) in [4.78, 5) is 4.50. The molecule has 0 spiro atoms. The lowest BCUT2D eigenvalue weighted by atomic mass is 10.3. The van der Waals surface area contributed by atoms with Gasteiger partial charge in [0.25, 0.3) is 0 Å². The summed E-state index contributed by atoms with van der Waals surface area (Å²) in [6.45, 7) is 6.39. The molecular weight excluding hydrogens is 242 g/mol. The van der Waals surface area contributed by atoms with Crippen molar-refractivity contribution in [1.82, 2.24) is 19.3 Å². The molecule has 0 aliphatic heterocycles. The average molecular weight is 263 g/mol. The van der Waals surface area contributed by atoms with E-state index in [1.807, 2.05) is 30.1 Å². The van der Waals surface area contributed by atoms with Gasteiger partial charge in [0.15, 0.2) is 0 Å². The molecule has 6 nitrogen and oxygen atoms in total. The minimum absolute atomic E-state index is 0.262. The molecule has 0 aliphatic carbocycles. The molecule has 2 aromatic rings. The van der Waals surface area contributed by atoms with Crippen molar-refractivity contribution >= 4 is 5.95 Å². The summed E-state index contributed by atoms with van der Waals surface area (Å²) in [7, 11) is 1.71. The summed E-state index contributed by atoms with van der Waals surface area (Å²) >= 11 is 0. The number of aromatic nitrogens is 4. The summed E-state index contributed by atoms with van der Waals surface area (Å²) < 4.78 is 9.20. The Morgan fingerprint density at radius 2 is 2.32 bits per heavy atom. The van der Waals surface area contributed by atoms with Gasteiger partial charge in [0, 0.05) is 32.2 Å². The van der Waals surface area contributed by atoms with Crippen LogP contribution in [0.15, 0.2) is 24.7 Å². The number of anilines is 1. The predicted molar refractivity (Wildman–Crippen MR) is 74.3 cm³/mol. The standard InChI is InChI=1S/C13H21N5O/c1-11-9-18(12(2)10-19-3)13(16-11)14-6-8-17-7-4-5-15-17/h4-5,7,9,12H,6,8,10H2,1-3H3,(H,14,16).